The van der Waals surface area contributed by atoms with E-state index in [9.17, 15) is 4.79 Å². The number of aromatic nitrogens is 2. The van der Waals surface area contributed by atoms with E-state index in [4.69, 9.17) is 0 Å². The second-order valence-corrected chi connectivity index (χ2v) is 4.41. The van der Waals surface area contributed by atoms with E-state index in [0.717, 1.165) is 16.9 Å². The third-order valence-corrected chi connectivity index (χ3v) is 2.62. The Morgan fingerprint density at radius 2 is 1.84 bits per heavy atom. The molecule has 0 unspecified atom stereocenters. The summed E-state index contributed by atoms with van der Waals surface area (Å²) in [6.45, 7) is 1.44. The van der Waals surface area contributed by atoms with Crippen LogP contribution in [0.15, 0.2) is 36.7 Å². The minimum Gasteiger partial charge on any atom is -0.378 e. The van der Waals surface area contributed by atoms with Gasteiger partial charge >= 0.3 is 0 Å². The van der Waals surface area contributed by atoms with Crippen molar-refractivity contribution >= 4 is 17.4 Å². The van der Waals surface area contributed by atoms with Gasteiger partial charge in [-0.25, -0.2) is 4.98 Å². The molecule has 0 fully saturated rings. The van der Waals surface area contributed by atoms with Crippen molar-refractivity contribution in [1.29, 1.82) is 0 Å². The maximum atomic E-state index is 11.0. The molecule has 0 bridgehead atoms. The van der Waals surface area contributed by atoms with Crippen LogP contribution in [0.1, 0.15) is 6.92 Å². The van der Waals surface area contributed by atoms with Gasteiger partial charge in [-0.1, -0.05) is 12.1 Å². The minimum atomic E-state index is -0.158. The molecule has 5 nitrogen and oxygen atoms in total. The monoisotopic (exact) mass is 256 g/mol. The lowest BCUT2D eigenvalue weighted by atomic mass is 10.1. The molecule has 0 atom stereocenters. The molecule has 19 heavy (non-hydrogen) atoms. The molecule has 98 valence electrons. The Morgan fingerprint density at radius 1 is 1.16 bits per heavy atom. The maximum absolute atomic E-state index is 11.0. The van der Waals surface area contributed by atoms with E-state index in [1.165, 1.54) is 13.1 Å². The normalized spacial score (nSPS) is 10.1. The zero-order chi connectivity index (χ0) is 13.8. The van der Waals surface area contributed by atoms with Crippen LogP contribution in [0.4, 0.5) is 11.5 Å². The number of carbonyl (C=O) groups is 1. The zero-order valence-corrected chi connectivity index (χ0v) is 11.2. The van der Waals surface area contributed by atoms with Crippen molar-refractivity contribution in [1.82, 2.24) is 9.97 Å². The Hall–Kier alpha value is -2.43. The molecule has 1 N–H and O–H groups in total. The lowest BCUT2D eigenvalue weighted by molar-refractivity contribution is -0.114. The average Bonchev–Trinajstić information content (AvgIpc) is 2.38. The molecule has 1 amide bonds. The van der Waals surface area contributed by atoms with Crippen molar-refractivity contribution in [2.75, 3.05) is 24.3 Å². The summed E-state index contributed by atoms with van der Waals surface area (Å²) in [5.41, 5.74) is 2.82. The van der Waals surface area contributed by atoms with Gasteiger partial charge in [0.05, 0.1) is 18.1 Å². The molecule has 0 radical (unpaired) electrons. The molecule has 1 aromatic carbocycles. The molecule has 1 aromatic heterocycles. The van der Waals surface area contributed by atoms with E-state index < -0.39 is 0 Å². The highest BCUT2D eigenvalue weighted by Crippen LogP contribution is 2.21. The minimum absolute atomic E-state index is 0.158. The van der Waals surface area contributed by atoms with Crippen LogP contribution in [-0.4, -0.2) is 30.0 Å². The van der Waals surface area contributed by atoms with Gasteiger partial charge in [0.15, 0.2) is 5.82 Å². The fourth-order valence-corrected chi connectivity index (χ4v) is 1.68. The molecule has 0 saturated heterocycles. The summed E-state index contributed by atoms with van der Waals surface area (Å²) in [7, 11) is 3.98. The maximum Gasteiger partial charge on any atom is 0.222 e. The SMILES string of the molecule is CC(=O)Nc1cncc(-c2ccc(N(C)C)cc2)n1. The molecule has 0 aliphatic carbocycles. The molecular formula is C14H16N4O. The number of nitrogens with one attached hydrogen (secondary N) is 1. The van der Waals surface area contributed by atoms with Crippen molar-refractivity contribution in [3.63, 3.8) is 0 Å². The predicted molar refractivity (Wildman–Crippen MR) is 76.1 cm³/mol. The van der Waals surface area contributed by atoms with Crippen LogP contribution in [0.2, 0.25) is 0 Å². The Bertz CT molecular complexity index is 578. The third-order valence-electron chi connectivity index (χ3n) is 2.62. The summed E-state index contributed by atoms with van der Waals surface area (Å²) in [6, 6.07) is 8.00. The van der Waals surface area contributed by atoms with E-state index in [2.05, 4.69) is 15.3 Å². The molecular weight excluding hydrogens is 240 g/mol. The summed E-state index contributed by atoms with van der Waals surface area (Å²) in [6.07, 6.45) is 3.20. The number of carbonyl (C=O) groups excluding carboxylic acids is 1. The number of hydrogen-bond donors (Lipinski definition) is 1. The predicted octanol–water partition coefficient (Wildman–Crippen LogP) is 2.17. The van der Waals surface area contributed by atoms with Crippen molar-refractivity contribution in [2.24, 2.45) is 0 Å². The van der Waals surface area contributed by atoms with Crippen LogP contribution in [-0.2, 0) is 4.79 Å². The van der Waals surface area contributed by atoms with E-state index in [1.54, 1.807) is 6.20 Å². The standard InChI is InChI=1S/C14H16N4O/c1-10(19)16-14-9-15-8-13(17-14)11-4-6-12(7-5-11)18(2)3/h4-9H,1-3H3,(H,16,17,19). The highest BCUT2D eigenvalue weighted by molar-refractivity contribution is 5.87. The summed E-state index contributed by atoms with van der Waals surface area (Å²) in [4.78, 5) is 21.5. The smallest absolute Gasteiger partial charge is 0.222 e. The van der Waals surface area contributed by atoms with Gasteiger partial charge in [0.1, 0.15) is 0 Å². The van der Waals surface area contributed by atoms with Gasteiger partial charge in [0.2, 0.25) is 5.91 Å². The number of hydrogen-bond acceptors (Lipinski definition) is 4. The fraction of sp³-hybridized carbons (Fsp3) is 0.214. The van der Waals surface area contributed by atoms with Crippen LogP contribution < -0.4 is 10.2 Å². The number of rotatable bonds is 3. The van der Waals surface area contributed by atoms with Crippen LogP contribution in [0.25, 0.3) is 11.3 Å². The first-order valence-corrected chi connectivity index (χ1v) is 5.93. The summed E-state index contributed by atoms with van der Waals surface area (Å²) in [5.74, 6) is 0.302. The number of nitrogens with zero attached hydrogens (tertiary/aromatic N) is 3. The molecule has 5 heteroatoms. The molecule has 0 aliphatic heterocycles. The van der Waals surface area contributed by atoms with Crippen LogP contribution >= 0.6 is 0 Å². The van der Waals surface area contributed by atoms with Crippen molar-refractivity contribution in [3.05, 3.63) is 36.7 Å². The van der Waals surface area contributed by atoms with Crippen molar-refractivity contribution in [2.45, 2.75) is 6.92 Å². The van der Waals surface area contributed by atoms with Gasteiger partial charge in [-0.15, -0.1) is 0 Å². The van der Waals surface area contributed by atoms with Gasteiger partial charge in [0, 0.05) is 32.3 Å². The van der Waals surface area contributed by atoms with E-state index in [0.29, 0.717) is 5.82 Å². The van der Waals surface area contributed by atoms with Crippen molar-refractivity contribution in [3.8, 4) is 11.3 Å². The van der Waals surface area contributed by atoms with Crippen LogP contribution in [0.3, 0.4) is 0 Å². The lowest BCUT2D eigenvalue weighted by Crippen LogP contribution is -2.08. The largest absolute Gasteiger partial charge is 0.378 e. The molecule has 2 rings (SSSR count). The zero-order valence-electron chi connectivity index (χ0n) is 11.2. The second kappa shape index (κ2) is 5.48. The molecule has 0 saturated carbocycles. The first kappa shape index (κ1) is 13.0. The molecule has 1 heterocycles. The summed E-state index contributed by atoms with van der Waals surface area (Å²) in [5, 5.41) is 2.62. The molecule has 0 aliphatic rings. The molecule has 0 spiro atoms. The molecule has 2 aromatic rings. The number of amides is 1. The van der Waals surface area contributed by atoms with Gasteiger partial charge in [-0.05, 0) is 12.1 Å². The second-order valence-electron chi connectivity index (χ2n) is 4.41. The van der Waals surface area contributed by atoms with Crippen LogP contribution in [0, 0.1) is 0 Å². The van der Waals surface area contributed by atoms with Gasteiger partial charge in [-0.3, -0.25) is 9.78 Å². The summed E-state index contributed by atoms with van der Waals surface area (Å²) < 4.78 is 0. The van der Waals surface area contributed by atoms with E-state index >= 15 is 0 Å². The Morgan fingerprint density at radius 3 is 2.42 bits per heavy atom. The topological polar surface area (TPSA) is 58.1 Å². The Labute approximate surface area is 112 Å². The first-order chi connectivity index (χ1) is 9.06. The Kier molecular flexibility index (Phi) is 3.75. The van der Waals surface area contributed by atoms with Gasteiger partial charge in [-0.2, -0.15) is 0 Å². The quantitative estimate of drug-likeness (QED) is 0.914. The average molecular weight is 256 g/mol. The van der Waals surface area contributed by atoms with E-state index in [-0.39, 0.29) is 5.91 Å². The number of benzene rings is 1. The highest BCUT2D eigenvalue weighted by atomic mass is 16.1. The lowest BCUT2D eigenvalue weighted by Gasteiger charge is -2.12. The summed E-state index contributed by atoms with van der Waals surface area (Å²) >= 11 is 0. The fourth-order valence-electron chi connectivity index (χ4n) is 1.68. The van der Waals surface area contributed by atoms with E-state index in [1.807, 2.05) is 43.3 Å². The Balaban J connectivity index is 2.28. The first-order valence-electron chi connectivity index (χ1n) is 5.93. The van der Waals surface area contributed by atoms with Gasteiger partial charge < -0.3 is 10.2 Å². The van der Waals surface area contributed by atoms with Crippen molar-refractivity contribution < 1.29 is 4.79 Å². The number of anilines is 2. The van der Waals surface area contributed by atoms with Gasteiger partial charge in [0.25, 0.3) is 0 Å². The van der Waals surface area contributed by atoms with Crippen LogP contribution in [0.5, 0.6) is 0 Å². The third kappa shape index (κ3) is 3.28. The highest BCUT2D eigenvalue weighted by Gasteiger charge is 2.04.